The predicted octanol–water partition coefficient (Wildman–Crippen LogP) is 1.68. The van der Waals surface area contributed by atoms with E-state index in [0.717, 1.165) is 16.4 Å². The quantitative estimate of drug-likeness (QED) is 0.837. The van der Waals surface area contributed by atoms with Gasteiger partial charge in [0.25, 0.3) is 0 Å². The Morgan fingerprint density at radius 1 is 1.21 bits per heavy atom. The van der Waals surface area contributed by atoms with Crippen molar-refractivity contribution in [1.82, 2.24) is 9.29 Å². The van der Waals surface area contributed by atoms with E-state index in [1.807, 2.05) is 6.07 Å². The van der Waals surface area contributed by atoms with E-state index in [9.17, 15) is 17.2 Å². The van der Waals surface area contributed by atoms with Crippen molar-refractivity contribution in [3.8, 4) is 11.9 Å². The summed E-state index contributed by atoms with van der Waals surface area (Å²) in [6, 6.07) is 7.12. The van der Waals surface area contributed by atoms with Crippen molar-refractivity contribution in [3.63, 3.8) is 0 Å². The second-order valence-corrected chi connectivity index (χ2v) is 7.10. The lowest BCUT2D eigenvalue weighted by atomic mass is 10.2. The minimum Gasteiger partial charge on any atom is -0.472 e. The molecular formula is C15H11F2N3O3S. The molecule has 1 aromatic heterocycles. The highest BCUT2D eigenvalue weighted by molar-refractivity contribution is 7.89. The molecule has 0 spiro atoms. The van der Waals surface area contributed by atoms with Crippen LogP contribution in [0.25, 0.3) is 0 Å². The minimum atomic E-state index is -3.97. The molecule has 0 unspecified atom stereocenters. The van der Waals surface area contributed by atoms with Crippen molar-refractivity contribution in [2.24, 2.45) is 0 Å². The van der Waals surface area contributed by atoms with Gasteiger partial charge in [-0.25, -0.2) is 22.2 Å². The van der Waals surface area contributed by atoms with Gasteiger partial charge >= 0.3 is 0 Å². The zero-order valence-corrected chi connectivity index (χ0v) is 13.0. The Labute approximate surface area is 137 Å². The first-order valence-corrected chi connectivity index (χ1v) is 8.31. The summed E-state index contributed by atoms with van der Waals surface area (Å²) < 4.78 is 57.5. The highest BCUT2D eigenvalue weighted by atomic mass is 32.2. The number of aromatic nitrogens is 1. The van der Waals surface area contributed by atoms with E-state index in [-0.39, 0.29) is 19.0 Å². The number of nitrogens with zero attached hydrogens (tertiary/aromatic N) is 3. The summed E-state index contributed by atoms with van der Waals surface area (Å²) in [5, 5.41) is 8.68. The molecule has 1 saturated heterocycles. The standard InChI is InChI=1S/C15H11F2N3O3S/c16-11-3-12(17)5-14(4-11)24(21,22)20-8-13(9-20)23-15-2-1-10(6-18)7-19-15/h1-5,7,13H,8-9H2. The van der Waals surface area contributed by atoms with Gasteiger partial charge in [-0.2, -0.15) is 9.57 Å². The van der Waals surface area contributed by atoms with E-state index >= 15 is 0 Å². The Kier molecular flexibility index (Phi) is 4.17. The minimum absolute atomic E-state index is 0.0438. The molecule has 1 aliphatic heterocycles. The van der Waals surface area contributed by atoms with Crippen LogP contribution in [-0.2, 0) is 10.0 Å². The highest BCUT2D eigenvalue weighted by Crippen LogP contribution is 2.25. The SMILES string of the molecule is N#Cc1ccc(OC2CN(S(=O)(=O)c3cc(F)cc(F)c3)C2)nc1. The molecule has 2 heterocycles. The fraction of sp³-hybridized carbons (Fsp3) is 0.200. The van der Waals surface area contributed by atoms with Crippen LogP contribution in [0.3, 0.4) is 0 Å². The molecule has 0 radical (unpaired) electrons. The molecule has 0 aliphatic carbocycles. The second kappa shape index (κ2) is 6.14. The molecule has 1 fully saturated rings. The summed E-state index contributed by atoms with van der Waals surface area (Å²) in [6.07, 6.45) is 0.927. The lowest BCUT2D eigenvalue weighted by molar-refractivity contribution is 0.0720. The van der Waals surface area contributed by atoms with Crippen LogP contribution < -0.4 is 4.74 Å². The molecule has 2 aromatic rings. The highest BCUT2D eigenvalue weighted by Gasteiger charge is 2.38. The summed E-state index contributed by atoms with van der Waals surface area (Å²) >= 11 is 0. The number of benzene rings is 1. The molecule has 0 N–H and O–H groups in total. The summed E-state index contributed by atoms with van der Waals surface area (Å²) in [6.45, 7) is 0.0876. The fourth-order valence-corrected chi connectivity index (χ4v) is 3.73. The first-order chi connectivity index (χ1) is 11.4. The van der Waals surface area contributed by atoms with Crippen LogP contribution in [0.15, 0.2) is 41.4 Å². The molecule has 0 amide bonds. The first-order valence-electron chi connectivity index (χ1n) is 6.87. The molecule has 9 heteroatoms. The van der Waals surface area contributed by atoms with Gasteiger partial charge in [-0.15, -0.1) is 0 Å². The third kappa shape index (κ3) is 3.20. The number of nitriles is 1. The Morgan fingerprint density at radius 3 is 2.42 bits per heavy atom. The summed E-state index contributed by atoms with van der Waals surface area (Å²) in [5.74, 6) is -1.64. The molecule has 0 atom stereocenters. The molecule has 0 bridgehead atoms. The van der Waals surface area contributed by atoms with E-state index in [1.165, 1.54) is 18.3 Å². The van der Waals surface area contributed by atoms with E-state index in [0.29, 0.717) is 11.6 Å². The number of ether oxygens (including phenoxy) is 1. The number of hydrogen-bond donors (Lipinski definition) is 0. The van der Waals surface area contributed by atoms with Crippen molar-refractivity contribution < 1.29 is 21.9 Å². The van der Waals surface area contributed by atoms with E-state index < -0.39 is 32.7 Å². The van der Waals surface area contributed by atoms with Crippen molar-refractivity contribution in [2.75, 3.05) is 13.1 Å². The summed E-state index contributed by atoms with van der Waals surface area (Å²) in [5.41, 5.74) is 0.383. The largest absolute Gasteiger partial charge is 0.472 e. The predicted molar refractivity (Wildman–Crippen MR) is 78.5 cm³/mol. The Balaban J connectivity index is 1.65. The number of halogens is 2. The van der Waals surface area contributed by atoms with Gasteiger partial charge in [0.1, 0.15) is 23.8 Å². The Morgan fingerprint density at radius 2 is 1.88 bits per heavy atom. The number of hydrogen-bond acceptors (Lipinski definition) is 5. The van der Waals surface area contributed by atoms with Gasteiger partial charge in [-0.3, -0.25) is 0 Å². The van der Waals surface area contributed by atoms with E-state index in [2.05, 4.69) is 4.98 Å². The van der Waals surface area contributed by atoms with Crippen molar-refractivity contribution in [2.45, 2.75) is 11.0 Å². The van der Waals surface area contributed by atoms with Gasteiger partial charge in [0.15, 0.2) is 0 Å². The van der Waals surface area contributed by atoms with Gasteiger partial charge in [-0.1, -0.05) is 0 Å². The molecule has 1 aromatic carbocycles. The molecule has 124 valence electrons. The Hall–Kier alpha value is -2.57. The third-order valence-electron chi connectivity index (χ3n) is 3.44. The Bertz CT molecular complexity index is 884. The van der Waals surface area contributed by atoms with E-state index in [4.69, 9.17) is 10.00 Å². The third-order valence-corrected chi connectivity index (χ3v) is 5.25. The van der Waals surface area contributed by atoms with Crippen molar-refractivity contribution in [3.05, 3.63) is 53.7 Å². The van der Waals surface area contributed by atoms with Crippen LogP contribution in [0, 0.1) is 23.0 Å². The van der Waals surface area contributed by atoms with E-state index in [1.54, 1.807) is 0 Å². The number of sulfonamides is 1. The fourth-order valence-electron chi connectivity index (χ4n) is 2.18. The van der Waals surface area contributed by atoms with Crippen LogP contribution >= 0.6 is 0 Å². The molecule has 0 saturated carbocycles. The molecular weight excluding hydrogens is 340 g/mol. The smallest absolute Gasteiger partial charge is 0.243 e. The zero-order valence-electron chi connectivity index (χ0n) is 12.2. The molecule has 1 aliphatic rings. The average Bonchev–Trinajstić information content (AvgIpc) is 2.50. The molecule has 6 nitrogen and oxygen atoms in total. The van der Waals surface area contributed by atoms with Crippen LogP contribution in [0.2, 0.25) is 0 Å². The molecule has 24 heavy (non-hydrogen) atoms. The summed E-state index contributed by atoms with van der Waals surface area (Å²) in [7, 11) is -3.97. The molecule has 3 rings (SSSR count). The van der Waals surface area contributed by atoms with Gasteiger partial charge in [-0.05, 0) is 18.2 Å². The topological polar surface area (TPSA) is 83.3 Å². The number of pyridine rings is 1. The maximum atomic E-state index is 13.2. The first kappa shape index (κ1) is 16.3. The lowest BCUT2D eigenvalue weighted by Crippen LogP contribution is -2.56. The summed E-state index contributed by atoms with van der Waals surface area (Å²) in [4.78, 5) is 3.49. The maximum absolute atomic E-state index is 13.2. The van der Waals surface area contributed by atoms with Gasteiger partial charge in [0.2, 0.25) is 15.9 Å². The van der Waals surface area contributed by atoms with Crippen LogP contribution in [0.1, 0.15) is 5.56 Å². The normalized spacial score (nSPS) is 15.5. The zero-order chi connectivity index (χ0) is 17.3. The van der Waals surface area contributed by atoms with Crippen molar-refractivity contribution >= 4 is 10.0 Å². The monoisotopic (exact) mass is 351 g/mol. The lowest BCUT2D eigenvalue weighted by Gasteiger charge is -2.37. The van der Waals surface area contributed by atoms with Crippen molar-refractivity contribution in [1.29, 1.82) is 5.26 Å². The van der Waals surface area contributed by atoms with Gasteiger partial charge in [0, 0.05) is 18.3 Å². The van der Waals surface area contributed by atoms with Crippen LogP contribution in [0.5, 0.6) is 5.88 Å². The van der Waals surface area contributed by atoms with Crippen LogP contribution in [-0.4, -0.2) is 36.9 Å². The maximum Gasteiger partial charge on any atom is 0.243 e. The van der Waals surface area contributed by atoms with Crippen LogP contribution in [0.4, 0.5) is 8.78 Å². The number of rotatable bonds is 4. The van der Waals surface area contributed by atoms with Gasteiger partial charge < -0.3 is 4.74 Å². The average molecular weight is 351 g/mol. The second-order valence-electron chi connectivity index (χ2n) is 5.16. The van der Waals surface area contributed by atoms with Gasteiger partial charge in [0.05, 0.1) is 23.5 Å².